The molecular weight excluding hydrogens is 208 g/mol. The van der Waals surface area contributed by atoms with Crippen molar-refractivity contribution in [1.82, 2.24) is 0 Å². The second-order valence-electron chi connectivity index (χ2n) is 4.84. The molecule has 1 heteroatoms. The standard InChI is InChI=1S/C16H16O/c1-11-9-14(7-8-16(11)17)15-6-5-12-3-2-4-13(12)10-15/h5-10,17H,2-4H2,1H3. The lowest BCUT2D eigenvalue weighted by molar-refractivity contribution is 0.471. The number of fused-ring (bicyclic) bond motifs is 1. The summed E-state index contributed by atoms with van der Waals surface area (Å²) in [5, 5.41) is 9.55. The lowest BCUT2D eigenvalue weighted by Crippen LogP contribution is -1.85. The number of hydrogen-bond acceptors (Lipinski definition) is 1. The molecule has 0 aliphatic heterocycles. The van der Waals surface area contributed by atoms with Gasteiger partial charge in [-0.2, -0.15) is 0 Å². The maximum absolute atomic E-state index is 9.55. The van der Waals surface area contributed by atoms with Crippen molar-refractivity contribution in [3.63, 3.8) is 0 Å². The predicted molar refractivity (Wildman–Crippen MR) is 70.3 cm³/mol. The molecule has 2 aromatic carbocycles. The maximum atomic E-state index is 9.55. The molecule has 2 aromatic rings. The molecule has 0 saturated heterocycles. The number of aryl methyl sites for hydroxylation is 3. The van der Waals surface area contributed by atoms with Crippen LogP contribution in [0.1, 0.15) is 23.1 Å². The van der Waals surface area contributed by atoms with Gasteiger partial charge in [0.15, 0.2) is 0 Å². The van der Waals surface area contributed by atoms with Gasteiger partial charge in [0.05, 0.1) is 0 Å². The van der Waals surface area contributed by atoms with Gasteiger partial charge in [-0.1, -0.05) is 24.3 Å². The summed E-state index contributed by atoms with van der Waals surface area (Å²) in [7, 11) is 0. The molecular formula is C16H16O. The molecule has 0 aromatic heterocycles. The van der Waals surface area contributed by atoms with Crippen LogP contribution in [0.4, 0.5) is 0 Å². The van der Waals surface area contributed by atoms with Crippen molar-refractivity contribution < 1.29 is 5.11 Å². The lowest BCUT2D eigenvalue weighted by atomic mass is 9.99. The van der Waals surface area contributed by atoms with Crippen LogP contribution >= 0.6 is 0 Å². The lowest BCUT2D eigenvalue weighted by Gasteiger charge is -2.07. The molecule has 0 fully saturated rings. The molecule has 0 heterocycles. The van der Waals surface area contributed by atoms with Gasteiger partial charge in [-0.15, -0.1) is 0 Å². The zero-order valence-corrected chi connectivity index (χ0v) is 10.0. The summed E-state index contributed by atoms with van der Waals surface area (Å²) in [6.45, 7) is 1.94. The van der Waals surface area contributed by atoms with Crippen molar-refractivity contribution >= 4 is 0 Å². The van der Waals surface area contributed by atoms with Crippen molar-refractivity contribution in [3.05, 3.63) is 53.1 Å². The van der Waals surface area contributed by atoms with E-state index in [9.17, 15) is 5.11 Å². The third-order valence-electron chi connectivity index (χ3n) is 3.63. The van der Waals surface area contributed by atoms with E-state index in [1.807, 2.05) is 19.1 Å². The molecule has 0 saturated carbocycles. The molecule has 1 N–H and O–H groups in total. The first-order valence-electron chi connectivity index (χ1n) is 6.16. The van der Waals surface area contributed by atoms with Crippen LogP contribution in [0.5, 0.6) is 5.75 Å². The highest BCUT2D eigenvalue weighted by molar-refractivity contribution is 5.67. The molecule has 0 bridgehead atoms. The monoisotopic (exact) mass is 224 g/mol. The third kappa shape index (κ3) is 1.82. The number of rotatable bonds is 1. The van der Waals surface area contributed by atoms with Gasteiger partial charge >= 0.3 is 0 Å². The van der Waals surface area contributed by atoms with Crippen LogP contribution in [0.15, 0.2) is 36.4 Å². The van der Waals surface area contributed by atoms with Gasteiger partial charge in [0.1, 0.15) is 5.75 Å². The summed E-state index contributed by atoms with van der Waals surface area (Å²) in [6.07, 6.45) is 3.72. The molecule has 1 aliphatic carbocycles. The van der Waals surface area contributed by atoms with Crippen molar-refractivity contribution in [2.24, 2.45) is 0 Å². The number of hydrogen-bond donors (Lipinski definition) is 1. The molecule has 0 spiro atoms. The van der Waals surface area contributed by atoms with Crippen LogP contribution < -0.4 is 0 Å². The average molecular weight is 224 g/mol. The highest BCUT2D eigenvalue weighted by Crippen LogP contribution is 2.30. The SMILES string of the molecule is Cc1cc(-c2ccc3c(c2)CCC3)ccc1O. The molecule has 1 nitrogen and oxygen atoms in total. The summed E-state index contributed by atoms with van der Waals surface area (Å²) in [5.41, 5.74) is 6.38. The van der Waals surface area contributed by atoms with Crippen LogP contribution in [-0.2, 0) is 12.8 Å². The van der Waals surface area contributed by atoms with Gasteiger partial charge < -0.3 is 5.11 Å². The minimum absolute atomic E-state index is 0.370. The summed E-state index contributed by atoms with van der Waals surface area (Å²) >= 11 is 0. The zero-order valence-electron chi connectivity index (χ0n) is 10.0. The van der Waals surface area contributed by atoms with Crippen LogP contribution in [0.3, 0.4) is 0 Å². The summed E-state index contributed by atoms with van der Waals surface area (Å²) in [6, 6.07) is 12.5. The topological polar surface area (TPSA) is 20.2 Å². The number of aromatic hydroxyl groups is 1. The Balaban J connectivity index is 2.06. The van der Waals surface area contributed by atoms with Crippen molar-refractivity contribution in [2.45, 2.75) is 26.2 Å². The molecule has 86 valence electrons. The molecule has 0 unspecified atom stereocenters. The minimum atomic E-state index is 0.370. The number of benzene rings is 2. The smallest absolute Gasteiger partial charge is 0.118 e. The van der Waals surface area contributed by atoms with Crippen LogP contribution in [0.2, 0.25) is 0 Å². The van der Waals surface area contributed by atoms with E-state index in [0.29, 0.717) is 5.75 Å². The summed E-state index contributed by atoms with van der Waals surface area (Å²) in [5.74, 6) is 0.370. The van der Waals surface area contributed by atoms with Gasteiger partial charge in [0.2, 0.25) is 0 Å². The second-order valence-corrected chi connectivity index (χ2v) is 4.84. The molecule has 17 heavy (non-hydrogen) atoms. The number of phenols is 1. The first kappa shape index (κ1) is 10.4. The Labute approximate surface area is 102 Å². The fraction of sp³-hybridized carbons (Fsp3) is 0.250. The Kier molecular flexibility index (Phi) is 2.40. The van der Waals surface area contributed by atoms with E-state index in [-0.39, 0.29) is 0 Å². The third-order valence-corrected chi connectivity index (χ3v) is 3.63. The van der Waals surface area contributed by atoms with Gasteiger partial charge in [0, 0.05) is 0 Å². The Morgan fingerprint density at radius 3 is 2.41 bits per heavy atom. The van der Waals surface area contributed by atoms with Crippen molar-refractivity contribution in [3.8, 4) is 16.9 Å². The largest absolute Gasteiger partial charge is 0.508 e. The Hall–Kier alpha value is -1.76. The first-order chi connectivity index (χ1) is 8.24. The quantitative estimate of drug-likeness (QED) is 0.780. The van der Waals surface area contributed by atoms with Gasteiger partial charge in [-0.25, -0.2) is 0 Å². The Bertz CT molecular complexity index is 570. The molecule has 1 aliphatic rings. The molecule has 0 amide bonds. The highest BCUT2D eigenvalue weighted by Gasteiger charge is 2.11. The molecule has 3 rings (SSSR count). The van der Waals surface area contributed by atoms with Crippen LogP contribution in [-0.4, -0.2) is 5.11 Å². The van der Waals surface area contributed by atoms with E-state index in [1.165, 1.54) is 41.5 Å². The van der Waals surface area contributed by atoms with Crippen molar-refractivity contribution in [1.29, 1.82) is 0 Å². The van der Waals surface area contributed by atoms with Crippen molar-refractivity contribution in [2.75, 3.05) is 0 Å². The van der Waals surface area contributed by atoms with Gasteiger partial charge in [0.25, 0.3) is 0 Å². The first-order valence-corrected chi connectivity index (χ1v) is 6.16. The van der Waals surface area contributed by atoms with E-state index >= 15 is 0 Å². The molecule has 0 atom stereocenters. The minimum Gasteiger partial charge on any atom is -0.508 e. The molecule has 0 radical (unpaired) electrons. The normalized spacial score (nSPS) is 13.7. The van der Waals surface area contributed by atoms with Gasteiger partial charge in [-0.3, -0.25) is 0 Å². The average Bonchev–Trinajstić information content (AvgIpc) is 2.79. The van der Waals surface area contributed by atoms with Crippen LogP contribution in [0.25, 0.3) is 11.1 Å². The van der Waals surface area contributed by atoms with E-state index in [1.54, 1.807) is 6.07 Å². The maximum Gasteiger partial charge on any atom is 0.118 e. The van der Waals surface area contributed by atoms with Crippen LogP contribution in [0, 0.1) is 6.92 Å². The fourth-order valence-electron chi connectivity index (χ4n) is 2.59. The highest BCUT2D eigenvalue weighted by atomic mass is 16.3. The number of phenolic OH excluding ortho intramolecular Hbond substituents is 1. The van der Waals surface area contributed by atoms with E-state index in [0.717, 1.165) is 5.56 Å². The summed E-state index contributed by atoms with van der Waals surface area (Å²) < 4.78 is 0. The Morgan fingerprint density at radius 1 is 0.882 bits per heavy atom. The van der Waals surface area contributed by atoms with Gasteiger partial charge in [-0.05, 0) is 66.1 Å². The predicted octanol–water partition coefficient (Wildman–Crippen LogP) is 3.86. The van der Waals surface area contributed by atoms with E-state index in [4.69, 9.17) is 0 Å². The fourth-order valence-corrected chi connectivity index (χ4v) is 2.59. The van der Waals surface area contributed by atoms with E-state index < -0.39 is 0 Å². The zero-order chi connectivity index (χ0) is 11.8. The Morgan fingerprint density at radius 2 is 1.59 bits per heavy atom. The second kappa shape index (κ2) is 3.92. The van der Waals surface area contributed by atoms with E-state index in [2.05, 4.69) is 18.2 Å². The summed E-state index contributed by atoms with van der Waals surface area (Å²) in [4.78, 5) is 0.